The van der Waals surface area contributed by atoms with Crippen molar-refractivity contribution in [3.63, 3.8) is 0 Å². The quantitative estimate of drug-likeness (QED) is 0.445. The van der Waals surface area contributed by atoms with Crippen molar-refractivity contribution in [2.45, 2.75) is 58.2 Å². The van der Waals surface area contributed by atoms with E-state index in [0.717, 1.165) is 36.0 Å². The molecule has 0 unspecified atom stereocenters. The van der Waals surface area contributed by atoms with Crippen LogP contribution in [0.3, 0.4) is 0 Å². The molecule has 0 saturated heterocycles. The summed E-state index contributed by atoms with van der Waals surface area (Å²) in [6.45, 7) is 4.97. The third-order valence-electron chi connectivity index (χ3n) is 7.27. The van der Waals surface area contributed by atoms with Gasteiger partial charge in [0.2, 0.25) is 5.91 Å². The Labute approximate surface area is 217 Å². The molecule has 0 aromatic heterocycles. The zero-order valence-corrected chi connectivity index (χ0v) is 21.4. The van der Waals surface area contributed by atoms with E-state index in [4.69, 9.17) is 4.74 Å². The van der Waals surface area contributed by atoms with Gasteiger partial charge in [-0.05, 0) is 79.1 Å². The first-order chi connectivity index (χ1) is 17.9. The van der Waals surface area contributed by atoms with Crippen molar-refractivity contribution in [2.75, 3.05) is 6.54 Å². The molecule has 0 spiro atoms. The summed E-state index contributed by atoms with van der Waals surface area (Å²) in [5, 5.41) is 2.89. The first-order valence-corrected chi connectivity index (χ1v) is 13.1. The summed E-state index contributed by atoms with van der Waals surface area (Å²) < 4.78 is 19.3. The molecule has 5 nitrogen and oxygen atoms in total. The largest absolute Gasteiger partial charge is 0.481 e. The maximum absolute atomic E-state index is 13.2. The van der Waals surface area contributed by atoms with Crippen molar-refractivity contribution in [3.05, 3.63) is 100 Å². The molecule has 1 fully saturated rings. The number of nitrogens with one attached hydrogen (secondary N) is 1. The number of halogens is 1. The second kappa shape index (κ2) is 10.8. The molecule has 1 saturated carbocycles. The summed E-state index contributed by atoms with van der Waals surface area (Å²) in [4.78, 5) is 28.2. The van der Waals surface area contributed by atoms with E-state index < -0.39 is 6.10 Å². The van der Waals surface area contributed by atoms with Crippen LogP contribution in [-0.2, 0) is 22.6 Å². The smallest absolute Gasteiger partial charge is 0.261 e. The van der Waals surface area contributed by atoms with Crippen LogP contribution in [0.2, 0.25) is 0 Å². The van der Waals surface area contributed by atoms with E-state index in [9.17, 15) is 14.0 Å². The van der Waals surface area contributed by atoms with Gasteiger partial charge in [0.05, 0.1) is 6.04 Å². The molecule has 5 rings (SSSR count). The van der Waals surface area contributed by atoms with E-state index in [0.29, 0.717) is 25.3 Å². The molecular formula is C31H33FN2O3. The molecular weight excluding hydrogens is 467 g/mol. The van der Waals surface area contributed by atoms with Crippen LogP contribution in [0.4, 0.5) is 4.39 Å². The van der Waals surface area contributed by atoms with Crippen LogP contribution in [0.5, 0.6) is 5.75 Å². The number of nitrogens with zero attached hydrogens (tertiary/aromatic N) is 1. The summed E-state index contributed by atoms with van der Waals surface area (Å²) in [6, 6.07) is 20.3. The Morgan fingerprint density at radius 3 is 2.46 bits per heavy atom. The zero-order chi connectivity index (χ0) is 25.9. The van der Waals surface area contributed by atoms with Crippen LogP contribution in [0.15, 0.2) is 66.7 Å². The molecule has 1 aliphatic carbocycles. The molecule has 3 aromatic carbocycles. The zero-order valence-electron chi connectivity index (χ0n) is 21.4. The molecule has 37 heavy (non-hydrogen) atoms. The normalized spacial score (nSPS) is 17.6. The molecule has 0 bridgehead atoms. The van der Waals surface area contributed by atoms with Gasteiger partial charge in [-0.3, -0.25) is 9.59 Å². The van der Waals surface area contributed by atoms with Crippen LogP contribution in [-0.4, -0.2) is 29.4 Å². The second-order valence-corrected chi connectivity index (χ2v) is 10.1. The van der Waals surface area contributed by atoms with Crippen molar-refractivity contribution in [2.24, 2.45) is 5.92 Å². The molecule has 192 valence electrons. The van der Waals surface area contributed by atoms with E-state index in [2.05, 4.69) is 42.6 Å². The summed E-state index contributed by atoms with van der Waals surface area (Å²) in [5.41, 5.74) is 5.34. The molecule has 1 heterocycles. The first-order valence-electron chi connectivity index (χ1n) is 13.1. The summed E-state index contributed by atoms with van der Waals surface area (Å²) in [7, 11) is 0. The van der Waals surface area contributed by atoms with Crippen LogP contribution >= 0.6 is 0 Å². The molecule has 2 atom stereocenters. The van der Waals surface area contributed by atoms with Gasteiger partial charge in [0, 0.05) is 19.0 Å². The predicted octanol–water partition coefficient (Wildman–Crippen LogP) is 5.49. The number of aryl methyl sites for hydroxylation is 1. The predicted molar refractivity (Wildman–Crippen MR) is 141 cm³/mol. The summed E-state index contributed by atoms with van der Waals surface area (Å²) >= 11 is 0. The Hall–Kier alpha value is -3.67. The monoisotopic (exact) mass is 500 g/mol. The Morgan fingerprint density at radius 2 is 1.78 bits per heavy atom. The minimum absolute atomic E-state index is 0.142. The SMILES string of the molecule is CC[C@H](Oc1ccc2c(c1)[C@@H](c1ccc(C)cc1)N(C(=O)C1CC1)CC2)C(=O)NCc1ccc(F)cc1. The standard InChI is InChI=1S/C31H33FN2O3/c1-3-28(30(35)33-19-21-6-13-25(32)14-7-21)37-26-15-12-22-16-17-34(31(36)24-10-11-24)29(27(22)18-26)23-8-4-20(2)5-9-23/h4-9,12-15,18,24,28-29H,3,10-11,16-17,19H2,1-2H3,(H,33,35)/t28-,29+/m0/s1. The molecule has 2 amide bonds. The van der Waals surface area contributed by atoms with E-state index in [1.165, 1.54) is 23.3 Å². The van der Waals surface area contributed by atoms with Gasteiger partial charge >= 0.3 is 0 Å². The average molecular weight is 501 g/mol. The van der Waals surface area contributed by atoms with E-state index in [-0.39, 0.29) is 29.6 Å². The van der Waals surface area contributed by atoms with Crippen molar-refractivity contribution in [1.29, 1.82) is 0 Å². The van der Waals surface area contributed by atoms with E-state index in [1.807, 2.05) is 24.0 Å². The van der Waals surface area contributed by atoms with Gasteiger partial charge in [-0.2, -0.15) is 0 Å². The minimum atomic E-state index is -0.663. The van der Waals surface area contributed by atoms with Gasteiger partial charge in [-0.25, -0.2) is 4.39 Å². The van der Waals surface area contributed by atoms with Crippen LogP contribution in [0.25, 0.3) is 0 Å². The fraction of sp³-hybridized carbons (Fsp3) is 0.355. The molecule has 6 heteroatoms. The minimum Gasteiger partial charge on any atom is -0.481 e. The van der Waals surface area contributed by atoms with Gasteiger partial charge in [0.1, 0.15) is 11.6 Å². The lowest BCUT2D eigenvalue weighted by atomic mass is 9.87. The highest BCUT2D eigenvalue weighted by Gasteiger charge is 2.39. The van der Waals surface area contributed by atoms with Crippen LogP contribution in [0.1, 0.15) is 60.0 Å². The number of rotatable bonds is 8. The maximum atomic E-state index is 13.2. The number of carbonyl (C=O) groups is 2. The Morgan fingerprint density at radius 1 is 1.05 bits per heavy atom. The molecule has 0 radical (unpaired) electrons. The lowest BCUT2D eigenvalue weighted by Gasteiger charge is -2.38. The van der Waals surface area contributed by atoms with Gasteiger partial charge < -0.3 is 15.0 Å². The Bertz CT molecular complexity index is 1270. The molecule has 2 aliphatic rings. The van der Waals surface area contributed by atoms with Crippen molar-refractivity contribution >= 4 is 11.8 Å². The molecule has 1 N–H and O–H groups in total. The highest BCUT2D eigenvalue weighted by Crippen LogP contribution is 2.41. The third-order valence-corrected chi connectivity index (χ3v) is 7.27. The van der Waals surface area contributed by atoms with E-state index >= 15 is 0 Å². The van der Waals surface area contributed by atoms with Crippen molar-refractivity contribution in [1.82, 2.24) is 10.2 Å². The fourth-order valence-electron chi connectivity index (χ4n) is 4.97. The number of hydrogen-bond donors (Lipinski definition) is 1. The maximum Gasteiger partial charge on any atom is 0.261 e. The Balaban J connectivity index is 1.37. The van der Waals surface area contributed by atoms with Crippen molar-refractivity contribution < 1.29 is 18.7 Å². The summed E-state index contributed by atoms with van der Waals surface area (Å²) in [6.07, 6.45) is 2.57. The lowest BCUT2D eigenvalue weighted by molar-refractivity contribution is -0.134. The number of ether oxygens (including phenoxy) is 1. The van der Waals surface area contributed by atoms with Crippen molar-refractivity contribution in [3.8, 4) is 5.75 Å². The lowest BCUT2D eigenvalue weighted by Crippen LogP contribution is -2.41. The van der Waals surface area contributed by atoms with Crippen LogP contribution in [0, 0.1) is 18.7 Å². The molecule has 3 aromatic rings. The fourth-order valence-corrected chi connectivity index (χ4v) is 4.97. The van der Waals surface area contributed by atoms with Crippen LogP contribution < -0.4 is 10.1 Å². The topological polar surface area (TPSA) is 58.6 Å². The second-order valence-electron chi connectivity index (χ2n) is 10.1. The number of fused-ring (bicyclic) bond motifs is 1. The highest BCUT2D eigenvalue weighted by molar-refractivity contribution is 5.82. The third kappa shape index (κ3) is 5.68. The Kier molecular flexibility index (Phi) is 7.26. The molecule has 1 aliphatic heterocycles. The number of benzene rings is 3. The van der Waals surface area contributed by atoms with Gasteiger partial charge in [0.15, 0.2) is 6.10 Å². The highest BCUT2D eigenvalue weighted by atomic mass is 19.1. The number of hydrogen-bond acceptors (Lipinski definition) is 3. The number of amides is 2. The van der Waals surface area contributed by atoms with Gasteiger partial charge in [-0.15, -0.1) is 0 Å². The first kappa shape index (κ1) is 25.0. The van der Waals surface area contributed by atoms with E-state index in [1.54, 1.807) is 12.1 Å². The van der Waals surface area contributed by atoms with Gasteiger partial charge in [-0.1, -0.05) is 55.0 Å². The number of carbonyl (C=O) groups excluding carboxylic acids is 2. The van der Waals surface area contributed by atoms with Gasteiger partial charge in [0.25, 0.3) is 5.91 Å². The summed E-state index contributed by atoms with van der Waals surface area (Å²) in [5.74, 6) is 0.460. The average Bonchev–Trinajstić information content (AvgIpc) is 3.76.